The number of halogens is 2. The van der Waals surface area contributed by atoms with Crippen molar-refractivity contribution >= 4 is 17.3 Å². The second-order valence-corrected chi connectivity index (χ2v) is 6.61. The second-order valence-electron chi connectivity index (χ2n) is 6.61. The number of hydrogen-bond acceptors (Lipinski definition) is 3. The van der Waals surface area contributed by atoms with Gasteiger partial charge in [0.2, 0.25) is 0 Å². The van der Waals surface area contributed by atoms with Gasteiger partial charge in [-0.3, -0.25) is 4.79 Å². The number of nitrogens with zero attached hydrogens (tertiary/aromatic N) is 1. The normalized spacial score (nSPS) is 20.3. The molecule has 0 radical (unpaired) electrons. The van der Waals surface area contributed by atoms with Crippen LogP contribution in [0.1, 0.15) is 37.7 Å². The monoisotopic (exact) mass is 324 g/mol. The highest BCUT2D eigenvalue weighted by Crippen LogP contribution is 2.44. The fraction of sp³-hybridized carbons (Fsp3) is 0.588. The van der Waals surface area contributed by atoms with Crippen LogP contribution in [0.25, 0.3) is 0 Å². The summed E-state index contributed by atoms with van der Waals surface area (Å²) in [6.07, 6.45) is 2.74. The Balaban J connectivity index is 1.73. The Morgan fingerprint density at radius 3 is 2.43 bits per heavy atom. The summed E-state index contributed by atoms with van der Waals surface area (Å²) in [6, 6.07) is 5.39. The van der Waals surface area contributed by atoms with Gasteiger partial charge in [-0.2, -0.15) is 8.78 Å². The third kappa shape index (κ3) is 2.80. The zero-order valence-corrected chi connectivity index (χ0v) is 13.2. The smallest absolute Gasteiger partial charge is 0.352 e. The van der Waals surface area contributed by atoms with Crippen LogP contribution in [0.4, 0.5) is 20.2 Å². The minimum Gasteiger partial charge on any atom is -0.383 e. The first kappa shape index (κ1) is 16.2. The average molecular weight is 324 g/mol. The van der Waals surface area contributed by atoms with Crippen LogP contribution >= 0.6 is 0 Å². The van der Waals surface area contributed by atoms with E-state index in [1.54, 1.807) is 13.0 Å². The number of aliphatic hydroxyl groups is 1. The summed E-state index contributed by atoms with van der Waals surface area (Å²) >= 11 is 0. The van der Waals surface area contributed by atoms with Crippen molar-refractivity contribution in [1.29, 1.82) is 0 Å². The fourth-order valence-electron chi connectivity index (χ4n) is 3.20. The van der Waals surface area contributed by atoms with Gasteiger partial charge in [-0.15, -0.1) is 0 Å². The van der Waals surface area contributed by atoms with Crippen molar-refractivity contribution in [3.63, 3.8) is 0 Å². The number of amides is 1. The second kappa shape index (κ2) is 5.74. The Kier molecular flexibility index (Phi) is 4.04. The molecule has 1 aromatic carbocycles. The zero-order valence-electron chi connectivity index (χ0n) is 13.2. The number of nitrogens with one attached hydrogen (secondary N) is 1. The average Bonchev–Trinajstić information content (AvgIpc) is 3.00. The summed E-state index contributed by atoms with van der Waals surface area (Å²) < 4.78 is 28.2. The number of aryl methyl sites for hydroxylation is 1. The van der Waals surface area contributed by atoms with Gasteiger partial charge < -0.3 is 15.3 Å². The van der Waals surface area contributed by atoms with Crippen molar-refractivity contribution in [3.05, 3.63) is 23.8 Å². The van der Waals surface area contributed by atoms with E-state index >= 15 is 0 Å². The van der Waals surface area contributed by atoms with Crippen LogP contribution in [0.5, 0.6) is 0 Å². The van der Waals surface area contributed by atoms with Gasteiger partial charge in [-0.25, -0.2) is 0 Å². The number of hydrogen-bond donors (Lipinski definition) is 2. The molecule has 0 atom stereocenters. The number of benzene rings is 1. The molecular weight excluding hydrogens is 302 g/mol. The maximum Gasteiger partial charge on any atom is 0.352 e. The van der Waals surface area contributed by atoms with E-state index in [0.29, 0.717) is 12.1 Å². The predicted molar refractivity (Wildman–Crippen MR) is 85.0 cm³/mol. The van der Waals surface area contributed by atoms with E-state index in [4.69, 9.17) is 0 Å². The SMILES string of the molecule is Cc1cc(N2CCCC2)ccc1NC(=O)C(F)(F)C1(O)CCC1. The van der Waals surface area contributed by atoms with Crippen molar-refractivity contribution in [2.75, 3.05) is 23.3 Å². The molecule has 2 aliphatic rings. The van der Waals surface area contributed by atoms with Crippen molar-refractivity contribution in [2.45, 2.75) is 50.6 Å². The molecule has 1 aromatic rings. The summed E-state index contributed by atoms with van der Waals surface area (Å²) in [6.45, 7) is 3.78. The lowest BCUT2D eigenvalue weighted by Gasteiger charge is -2.41. The van der Waals surface area contributed by atoms with Crippen molar-refractivity contribution in [2.24, 2.45) is 0 Å². The lowest BCUT2D eigenvalue weighted by Crippen LogP contribution is -2.59. The molecule has 1 heterocycles. The molecule has 0 unspecified atom stereocenters. The summed E-state index contributed by atoms with van der Waals surface area (Å²) in [5.74, 6) is -5.21. The highest BCUT2D eigenvalue weighted by molar-refractivity contribution is 5.98. The standard InChI is InChI=1S/C17H22F2N2O2/c1-12-11-13(21-9-2-3-10-21)5-6-14(12)20-15(22)17(18,19)16(23)7-4-8-16/h5-6,11,23H,2-4,7-10H2,1H3,(H,20,22). The Hall–Kier alpha value is -1.69. The molecule has 0 aromatic heterocycles. The molecule has 23 heavy (non-hydrogen) atoms. The highest BCUT2D eigenvalue weighted by atomic mass is 19.3. The van der Waals surface area contributed by atoms with Gasteiger partial charge in [-0.1, -0.05) is 0 Å². The molecule has 2 fully saturated rings. The molecular formula is C17H22F2N2O2. The topological polar surface area (TPSA) is 52.6 Å². The Morgan fingerprint density at radius 1 is 1.26 bits per heavy atom. The van der Waals surface area contributed by atoms with Crippen LogP contribution in [-0.2, 0) is 4.79 Å². The molecule has 2 N–H and O–H groups in total. The number of carbonyl (C=O) groups excluding carboxylic acids is 1. The van der Waals surface area contributed by atoms with E-state index in [1.807, 2.05) is 12.1 Å². The summed E-state index contributed by atoms with van der Waals surface area (Å²) in [4.78, 5) is 14.2. The first-order valence-corrected chi connectivity index (χ1v) is 8.11. The van der Waals surface area contributed by atoms with Crippen LogP contribution in [0.3, 0.4) is 0 Å². The van der Waals surface area contributed by atoms with Crippen molar-refractivity contribution in [3.8, 4) is 0 Å². The fourth-order valence-corrected chi connectivity index (χ4v) is 3.20. The molecule has 1 amide bonds. The van der Waals surface area contributed by atoms with Crippen LogP contribution < -0.4 is 10.2 Å². The zero-order chi connectivity index (χ0) is 16.7. The third-order valence-corrected chi connectivity index (χ3v) is 4.98. The minimum absolute atomic E-state index is 0.0414. The first-order valence-electron chi connectivity index (χ1n) is 8.11. The number of carbonyl (C=O) groups is 1. The summed E-state index contributed by atoms with van der Waals surface area (Å²) in [7, 11) is 0. The molecule has 3 rings (SSSR count). The van der Waals surface area contributed by atoms with Gasteiger partial charge >= 0.3 is 5.92 Å². The Morgan fingerprint density at radius 2 is 1.91 bits per heavy atom. The van der Waals surface area contributed by atoms with E-state index in [-0.39, 0.29) is 12.8 Å². The number of rotatable bonds is 4. The van der Waals surface area contributed by atoms with E-state index in [9.17, 15) is 18.7 Å². The molecule has 0 bridgehead atoms. The van der Waals surface area contributed by atoms with E-state index in [0.717, 1.165) is 37.2 Å². The lowest BCUT2D eigenvalue weighted by atomic mass is 9.75. The van der Waals surface area contributed by atoms with Gasteiger partial charge in [0.15, 0.2) is 0 Å². The van der Waals surface area contributed by atoms with Crippen LogP contribution in [0.2, 0.25) is 0 Å². The van der Waals surface area contributed by atoms with Crippen molar-refractivity contribution in [1.82, 2.24) is 0 Å². The molecule has 1 aliphatic heterocycles. The highest BCUT2D eigenvalue weighted by Gasteiger charge is 2.61. The summed E-state index contributed by atoms with van der Waals surface area (Å²) in [5, 5.41) is 12.1. The number of anilines is 2. The van der Waals surface area contributed by atoms with E-state index in [2.05, 4.69) is 10.2 Å². The molecule has 1 saturated heterocycles. The molecule has 6 heteroatoms. The summed E-state index contributed by atoms with van der Waals surface area (Å²) in [5.41, 5.74) is -0.0532. The minimum atomic E-state index is -3.77. The lowest BCUT2D eigenvalue weighted by molar-refractivity contribution is -0.212. The van der Waals surface area contributed by atoms with Gasteiger partial charge in [0, 0.05) is 24.5 Å². The molecule has 0 spiro atoms. The molecule has 1 aliphatic carbocycles. The van der Waals surface area contributed by atoms with Crippen LogP contribution in [0.15, 0.2) is 18.2 Å². The third-order valence-electron chi connectivity index (χ3n) is 4.98. The van der Waals surface area contributed by atoms with E-state index in [1.165, 1.54) is 0 Å². The first-order chi connectivity index (χ1) is 10.8. The molecule has 4 nitrogen and oxygen atoms in total. The Labute approximate surface area is 134 Å². The van der Waals surface area contributed by atoms with Crippen LogP contribution in [-0.4, -0.2) is 35.6 Å². The van der Waals surface area contributed by atoms with Gasteiger partial charge in [0.25, 0.3) is 5.91 Å². The van der Waals surface area contributed by atoms with Crippen molar-refractivity contribution < 1.29 is 18.7 Å². The number of alkyl halides is 2. The maximum atomic E-state index is 14.1. The largest absolute Gasteiger partial charge is 0.383 e. The van der Waals surface area contributed by atoms with Gasteiger partial charge in [0.1, 0.15) is 5.60 Å². The molecule has 1 saturated carbocycles. The quantitative estimate of drug-likeness (QED) is 0.895. The van der Waals surface area contributed by atoms with Crippen LogP contribution in [0, 0.1) is 6.92 Å². The maximum absolute atomic E-state index is 14.1. The Bertz CT molecular complexity index is 609. The van der Waals surface area contributed by atoms with E-state index < -0.39 is 17.4 Å². The predicted octanol–water partition coefficient (Wildman–Crippen LogP) is 3.08. The van der Waals surface area contributed by atoms with Gasteiger partial charge in [0.05, 0.1) is 0 Å². The van der Waals surface area contributed by atoms with Gasteiger partial charge in [-0.05, 0) is 62.8 Å². The molecule has 126 valence electrons.